The van der Waals surface area contributed by atoms with Crippen molar-refractivity contribution in [1.82, 2.24) is 10.2 Å². The number of nitrogens with zero attached hydrogens (tertiary/aromatic N) is 2. The van der Waals surface area contributed by atoms with E-state index in [1.54, 1.807) is 0 Å². The average Bonchev–Trinajstić information content (AvgIpc) is 1.96. The first-order valence-electron chi connectivity index (χ1n) is 3.67. The fraction of sp³-hybridized carbons (Fsp3) is 0.625. The minimum Gasteiger partial charge on any atom is -0.390 e. The Morgan fingerprint density at radius 1 is 1.55 bits per heavy atom. The second-order valence-electron chi connectivity index (χ2n) is 2.53. The summed E-state index contributed by atoms with van der Waals surface area (Å²) in [6.45, 7) is 1.67. The van der Waals surface area contributed by atoms with Crippen LogP contribution in [0.2, 0.25) is 0 Å². The number of hydrogen-bond acceptors (Lipinski definition) is 3. The Morgan fingerprint density at radius 2 is 2.27 bits per heavy atom. The lowest BCUT2D eigenvalue weighted by molar-refractivity contribution is 0.455. The second-order valence-corrected chi connectivity index (χ2v) is 2.53. The zero-order valence-corrected chi connectivity index (χ0v) is 7.17. The molecule has 1 N–H and O–H groups in total. The van der Waals surface area contributed by atoms with Crippen LogP contribution in [0.4, 0.5) is 0 Å². The Balaban J connectivity index is 3.11. The molecule has 0 aromatic heterocycles. The van der Waals surface area contributed by atoms with Gasteiger partial charge in [-0.25, -0.2) is 0 Å². The number of nitriles is 1. The highest BCUT2D eigenvalue weighted by Crippen LogP contribution is 1.75. The van der Waals surface area contributed by atoms with E-state index >= 15 is 0 Å². The molecule has 3 heteroatoms. The SMILES string of the molecule is CN(C)CC=CNCCC#N. The van der Waals surface area contributed by atoms with E-state index < -0.39 is 0 Å². The summed E-state index contributed by atoms with van der Waals surface area (Å²) in [4.78, 5) is 2.07. The van der Waals surface area contributed by atoms with Gasteiger partial charge in [-0.2, -0.15) is 5.26 Å². The first kappa shape index (κ1) is 9.99. The Kier molecular flexibility index (Phi) is 6.45. The fourth-order valence-corrected chi connectivity index (χ4v) is 0.558. The lowest BCUT2D eigenvalue weighted by Gasteiger charge is -2.03. The van der Waals surface area contributed by atoms with Gasteiger partial charge < -0.3 is 10.2 Å². The van der Waals surface area contributed by atoms with E-state index in [9.17, 15) is 0 Å². The molecule has 0 heterocycles. The summed E-state index contributed by atoms with van der Waals surface area (Å²) >= 11 is 0. The smallest absolute Gasteiger partial charge is 0.0640 e. The Labute approximate surface area is 68.3 Å². The summed E-state index contributed by atoms with van der Waals surface area (Å²) in [7, 11) is 4.03. The fourth-order valence-electron chi connectivity index (χ4n) is 0.558. The maximum Gasteiger partial charge on any atom is 0.0640 e. The van der Waals surface area contributed by atoms with Crippen molar-refractivity contribution < 1.29 is 0 Å². The molecule has 62 valence electrons. The number of likely N-dealkylation sites (N-methyl/N-ethyl adjacent to an activating group) is 1. The molecule has 11 heavy (non-hydrogen) atoms. The van der Waals surface area contributed by atoms with Crippen LogP contribution in [0.15, 0.2) is 12.3 Å². The quantitative estimate of drug-likeness (QED) is 0.587. The summed E-state index contributed by atoms with van der Waals surface area (Å²) in [5.74, 6) is 0. The molecule has 0 aliphatic rings. The van der Waals surface area contributed by atoms with Crippen LogP contribution >= 0.6 is 0 Å². The summed E-state index contributed by atoms with van der Waals surface area (Å²) < 4.78 is 0. The summed E-state index contributed by atoms with van der Waals surface area (Å²) in [5.41, 5.74) is 0. The van der Waals surface area contributed by atoms with Gasteiger partial charge in [-0.1, -0.05) is 6.08 Å². The highest BCUT2D eigenvalue weighted by Gasteiger charge is 1.81. The summed E-state index contributed by atoms with van der Waals surface area (Å²) in [6.07, 6.45) is 4.47. The van der Waals surface area contributed by atoms with Crippen molar-refractivity contribution in [2.75, 3.05) is 27.2 Å². The molecule has 0 atom stereocenters. The van der Waals surface area contributed by atoms with Crippen LogP contribution in [0.5, 0.6) is 0 Å². The van der Waals surface area contributed by atoms with Crippen LogP contribution in [-0.4, -0.2) is 32.1 Å². The molecule has 0 unspecified atom stereocenters. The molecule has 0 fully saturated rings. The van der Waals surface area contributed by atoms with E-state index in [4.69, 9.17) is 5.26 Å². The zero-order valence-electron chi connectivity index (χ0n) is 7.17. The number of hydrogen-bond donors (Lipinski definition) is 1. The van der Waals surface area contributed by atoms with Gasteiger partial charge in [-0.3, -0.25) is 0 Å². The lowest BCUT2D eigenvalue weighted by Crippen LogP contribution is -2.12. The third-order valence-corrected chi connectivity index (χ3v) is 1.09. The molecule has 0 radical (unpaired) electrons. The van der Waals surface area contributed by atoms with Crippen LogP contribution < -0.4 is 5.32 Å². The predicted octanol–water partition coefficient (Wildman–Crippen LogP) is 0.565. The largest absolute Gasteiger partial charge is 0.390 e. The van der Waals surface area contributed by atoms with E-state index in [1.165, 1.54) is 0 Å². The molecular formula is C8H15N3. The molecule has 0 aliphatic carbocycles. The second kappa shape index (κ2) is 7.10. The number of nitrogens with one attached hydrogen (secondary N) is 1. The zero-order chi connectivity index (χ0) is 8.53. The summed E-state index contributed by atoms with van der Waals surface area (Å²) in [6, 6.07) is 2.06. The van der Waals surface area contributed by atoms with Gasteiger partial charge in [0.15, 0.2) is 0 Å². The van der Waals surface area contributed by atoms with Gasteiger partial charge in [0.2, 0.25) is 0 Å². The van der Waals surface area contributed by atoms with Gasteiger partial charge >= 0.3 is 0 Å². The molecule has 0 aromatic rings. The normalized spacial score (nSPS) is 10.4. The van der Waals surface area contributed by atoms with Gasteiger partial charge in [0, 0.05) is 13.1 Å². The van der Waals surface area contributed by atoms with Gasteiger partial charge in [-0.05, 0) is 20.3 Å². The summed E-state index contributed by atoms with van der Waals surface area (Å²) in [5, 5.41) is 11.2. The average molecular weight is 153 g/mol. The van der Waals surface area contributed by atoms with E-state index in [0.717, 1.165) is 13.1 Å². The number of rotatable bonds is 5. The topological polar surface area (TPSA) is 39.1 Å². The molecule has 0 aromatic carbocycles. The van der Waals surface area contributed by atoms with Crippen molar-refractivity contribution in [2.45, 2.75) is 6.42 Å². The van der Waals surface area contributed by atoms with Crippen molar-refractivity contribution >= 4 is 0 Å². The molecule has 3 nitrogen and oxygen atoms in total. The minimum atomic E-state index is 0.562. The van der Waals surface area contributed by atoms with E-state index in [1.807, 2.05) is 26.4 Å². The van der Waals surface area contributed by atoms with Crippen molar-refractivity contribution in [2.24, 2.45) is 0 Å². The van der Waals surface area contributed by atoms with Crippen molar-refractivity contribution in [3.63, 3.8) is 0 Å². The van der Waals surface area contributed by atoms with E-state index in [2.05, 4.69) is 16.3 Å². The Morgan fingerprint density at radius 3 is 2.82 bits per heavy atom. The molecule has 0 saturated heterocycles. The molecule has 0 aliphatic heterocycles. The predicted molar refractivity (Wildman–Crippen MR) is 45.9 cm³/mol. The highest BCUT2D eigenvalue weighted by molar-refractivity contribution is 4.82. The minimum absolute atomic E-state index is 0.562. The molecule has 0 spiro atoms. The van der Waals surface area contributed by atoms with Crippen LogP contribution in [0.25, 0.3) is 0 Å². The van der Waals surface area contributed by atoms with Crippen molar-refractivity contribution in [3.05, 3.63) is 12.3 Å². The van der Waals surface area contributed by atoms with Gasteiger partial charge in [0.25, 0.3) is 0 Å². The first-order chi connectivity index (χ1) is 5.27. The highest BCUT2D eigenvalue weighted by atomic mass is 15.0. The molecule has 0 amide bonds. The standard InChI is InChI=1S/C8H15N3/c1-11(2)8-4-7-10-6-3-5-9/h4,7,10H,3,6,8H2,1-2H3. The molecular weight excluding hydrogens is 138 g/mol. The third-order valence-electron chi connectivity index (χ3n) is 1.09. The monoisotopic (exact) mass is 153 g/mol. The maximum absolute atomic E-state index is 8.19. The van der Waals surface area contributed by atoms with Crippen molar-refractivity contribution in [1.29, 1.82) is 5.26 Å². The maximum atomic E-state index is 8.19. The van der Waals surface area contributed by atoms with Crippen LogP contribution in [0.1, 0.15) is 6.42 Å². The van der Waals surface area contributed by atoms with Gasteiger partial charge in [0.05, 0.1) is 12.5 Å². The van der Waals surface area contributed by atoms with Crippen molar-refractivity contribution in [3.8, 4) is 6.07 Å². The third kappa shape index (κ3) is 8.99. The Hall–Kier alpha value is -1.01. The lowest BCUT2D eigenvalue weighted by atomic mass is 10.4. The van der Waals surface area contributed by atoms with E-state index in [0.29, 0.717) is 6.42 Å². The van der Waals surface area contributed by atoms with Gasteiger partial charge in [0.1, 0.15) is 0 Å². The van der Waals surface area contributed by atoms with E-state index in [-0.39, 0.29) is 0 Å². The van der Waals surface area contributed by atoms with Crippen LogP contribution in [0.3, 0.4) is 0 Å². The molecule has 0 saturated carbocycles. The Bertz CT molecular complexity index is 144. The van der Waals surface area contributed by atoms with Crippen LogP contribution in [-0.2, 0) is 0 Å². The van der Waals surface area contributed by atoms with Gasteiger partial charge in [-0.15, -0.1) is 0 Å². The van der Waals surface area contributed by atoms with Crippen LogP contribution in [0, 0.1) is 11.3 Å². The molecule has 0 bridgehead atoms. The first-order valence-corrected chi connectivity index (χ1v) is 3.67. The molecule has 0 rings (SSSR count).